The molecule has 0 unspecified atom stereocenters. The molecule has 1 N–H and O–H groups in total. The molecule has 0 heterocycles. The highest BCUT2D eigenvalue weighted by Crippen LogP contribution is 2.30. The molecule has 0 aliphatic heterocycles. The Kier molecular flexibility index (Phi) is 7.92. The lowest BCUT2D eigenvalue weighted by Crippen LogP contribution is -2.11. The van der Waals surface area contributed by atoms with Crippen LogP contribution in [0.2, 0.25) is 0 Å². The summed E-state index contributed by atoms with van der Waals surface area (Å²) in [5.74, 6) is 2.10. The number of hydrogen-bond donors (Lipinski definition) is 1. The van der Waals surface area contributed by atoms with Gasteiger partial charge in [0.15, 0.2) is 0 Å². The topological polar surface area (TPSA) is 12.0 Å². The molecule has 1 saturated carbocycles. The van der Waals surface area contributed by atoms with Crippen LogP contribution in [0, 0.1) is 11.8 Å². The van der Waals surface area contributed by atoms with Gasteiger partial charge in [-0.3, -0.25) is 0 Å². The van der Waals surface area contributed by atoms with Gasteiger partial charge >= 0.3 is 0 Å². The van der Waals surface area contributed by atoms with Gasteiger partial charge in [-0.2, -0.15) is 0 Å². The zero-order valence-corrected chi connectivity index (χ0v) is 11.4. The van der Waals surface area contributed by atoms with Crippen molar-refractivity contribution in [2.24, 2.45) is 11.8 Å². The summed E-state index contributed by atoms with van der Waals surface area (Å²) in [5, 5.41) is 3.24. The quantitative estimate of drug-likeness (QED) is 0.662. The Morgan fingerprint density at radius 3 is 2.12 bits per heavy atom. The van der Waals surface area contributed by atoms with Crippen molar-refractivity contribution in [2.75, 3.05) is 13.6 Å². The van der Waals surface area contributed by atoms with Crippen molar-refractivity contribution in [3.05, 3.63) is 0 Å². The number of unbranched alkanes of at least 4 members (excludes halogenated alkanes) is 1. The third-order valence-corrected chi connectivity index (χ3v) is 4.32. The minimum atomic E-state index is 1.05. The summed E-state index contributed by atoms with van der Waals surface area (Å²) in [6, 6.07) is 0. The first-order valence-corrected chi connectivity index (χ1v) is 7.51. The molecule has 0 bridgehead atoms. The van der Waals surface area contributed by atoms with Gasteiger partial charge < -0.3 is 5.32 Å². The van der Waals surface area contributed by atoms with Gasteiger partial charge in [0.05, 0.1) is 0 Å². The largest absolute Gasteiger partial charge is 0.320 e. The van der Waals surface area contributed by atoms with Crippen molar-refractivity contribution in [3.63, 3.8) is 0 Å². The van der Waals surface area contributed by atoms with E-state index in [1.807, 2.05) is 0 Å². The van der Waals surface area contributed by atoms with Crippen molar-refractivity contribution in [1.29, 1.82) is 0 Å². The summed E-state index contributed by atoms with van der Waals surface area (Å²) in [6.45, 7) is 3.56. The molecule has 96 valence electrons. The predicted molar refractivity (Wildman–Crippen MR) is 72.8 cm³/mol. The molecule has 1 fully saturated rings. The maximum absolute atomic E-state index is 3.24. The second-order valence-electron chi connectivity index (χ2n) is 5.60. The van der Waals surface area contributed by atoms with E-state index >= 15 is 0 Å². The lowest BCUT2D eigenvalue weighted by atomic mass is 9.83. The Bertz CT molecular complexity index is 143. The SMILES string of the molecule is CCC1CCCC(CCCCNC)CCC1. The Hall–Kier alpha value is -0.0400. The molecular weight excluding hydrogens is 194 g/mol. The Balaban J connectivity index is 2.09. The molecule has 1 rings (SSSR count). The molecule has 1 heteroatoms. The molecule has 0 atom stereocenters. The van der Waals surface area contributed by atoms with E-state index in [0.717, 1.165) is 11.8 Å². The third kappa shape index (κ3) is 5.89. The lowest BCUT2D eigenvalue weighted by molar-refractivity contribution is 0.296. The molecule has 0 aromatic heterocycles. The third-order valence-electron chi connectivity index (χ3n) is 4.32. The fourth-order valence-electron chi connectivity index (χ4n) is 3.11. The van der Waals surface area contributed by atoms with Gasteiger partial charge in [0.2, 0.25) is 0 Å². The van der Waals surface area contributed by atoms with Crippen molar-refractivity contribution in [2.45, 2.75) is 71.1 Å². The standard InChI is InChI=1S/C15H31N/c1-3-14-9-6-11-15(12-7-10-14)8-4-5-13-16-2/h14-16H,3-13H2,1-2H3. The van der Waals surface area contributed by atoms with Crippen LogP contribution in [0.25, 0.3) is 0 Å². The second kappa shape index (κ2) is 9.04. The smallest absolute Gasteiger partial charge is 0.00519 e. The molecule has 0 radical (unpaired) electrons. The second-order valence-corrected chi connectivity index (χ2v) is 5.60. The lowest BCUT2D eigenvalue weighted by Gasteiger charge is -2.23. The van der Waals surface area contributed by atoms with E-state index in [2.05, 4.69) is 19.3 Å². The average Bonchev–Trinajstić information content (AvgIpc) is 2.27. The van der Waals surface area contributed by atoms with Gasteiger partial charge in [0.1, 0.15) is 0 Å². The maximum Gasteiger partial charge on any atom is -0.00519 e. The van der Waals surface area contributed by atoms with Crippen LogP contribution in [0.3, 0.4) is 0 Å². The number of nitrogens with one attached hydrogen (secondary N) is 1. The molecule has 0 saturated heterocycles. The van der Waals surface area contributed by atoms with Crippen molar-refractivity contribution < 1.29 is 0 Å². The van der Waals surface area contributed by atoms with Crippen LogP contribution in [0.5, 0.6) is 0 Å². The molecule has 1 aliphatic rings. The van der Waals surface area contributed by atoms with Gasteiger partial charge in [0, 0.05) is 0 Å². The summed E-state index contributed by atoms with van der Waals surface area (Å²) in [6.07, 6.45) is 14.7. The molecule has 1 aliphatic carbocycles. The number of rotatable bonds is 6. The molecule has 0 aromatic rings. The molecular formula is C15H31N. The molecule has 0 amide bonds. The van der Waals surface area contributed by atoms with Crippen molar-refractivity contribution in [1.82, 2.24) is 5.32 Å². The Morgan fingerprint density at radius 1 is 0.938 bits per heavy atom. The van der Waals surface area contributed by atoms with Crippen LogP contribution in [-0.2, 0) is 0 Å². The van der Waals surface area contributed by atoms with E-state index in [1.165, 1.54) is 70.8 Å². The fourth-order valence-corrected chi connectivity index (χ4v) is 3.11. The maximum atomic E-state index is 3.24. The minimum absolute atomic E-state index is 1.05. The van der Waals surface area contributed by atoms with E-state index < -0.39 is 0 Å². The van der Waals surface area contributed by atoms with Gasteiger partial charge in [-0.05, 0) is 31.8 Å². The first-order valence-electron chi connectivity index (χ1n) is 7.51. The summed E-state index contributed by atoms with van der Waals surface area (Å²) in [7, 11) is 2.06. The van der Waals surface area contributed by atoms with Gasteiger partial charge in [-0.1, -0.05) is 64.7 Å². The zero-order chi connectivity index (χ0) is 11.6. The van der Waals surface area contributed by atoms with E-state index in [4.69, 9.17) is 0 Å². The first kappa shape index (κ1) is 14.0. The van der Waals surface area contributed by atoms with E-state index in [-0.39, 0.29) is 0 Å². The average molecular weight is 225 g/mol. The monoisotopic (exact) mass is 225 g/mol. The highest BCUT2D eigenvalue weighted by Gasteiger charge is 2.15. The molecule has 1 nitrogen and oxygen atoms in total. The highest BCUT2D eigenvalue weighted by atomic mass is 14.8. The fraction of sp³-hybridized carbons (Fsp3) is 1.00. The highest BCUT2D eigenvalue weighted by molar-refractivity contribution is 4.68. The summed E-state index contributed by atoms with van der Waals surface area (Å²) < 4.78 is 0. The number of hydrogen-bond acceptors (Lipinski definition) is 1. The Morgan fingerprint density at radius 2 is 1.56 bits per heavy atom. The van der Waals surface area contributed by atoms with Crippen LogP contribution in [0.1, 0.15) is 71.1 Å². The minimum Gasteiger partial charge on any atom is -0.320 e. The molecule has 16 heavy (non-hydrogen) atoms. The van der Waals surface area contributed by atoms with E-state index in [0.29, 0.717) is 0 Å². The van der Waals surface area contributed by atoms with Crippen molar-refractivity contribution in [3.8, 4) is 0 Å². The van der Waals surface area contributed by atoms with Crippen LogP contribution >= 0.6 is 0 Å². The summed E-state index contributed by atoms with van der Waals surface area (Å²) in [4.78, 5) is 0. The summed E-state index contributed by atoms with van der Waals surface area (Å²) >= 11 is 0. The zero-order valence-electron chi connectivity index (χ0n) is 11.4. The first-order chi connectivity index (χ1) is 7.86. The van der Waals surface area contributed by atoms with Gasteiger partial charge in [-0.15, -0.1) is 0 Å². The van der Waals surface area contributed by atoms with E-state index in [1.54, 1.807) is 0 Å². The molecule has 0 spiro atoms. The normalized spacial score (nSPS) is 27.4. The van der Waals surface area contributed by atoms with Crippen molar-refractivity contribution >= 4 is 0 Å². The van der Waals surface area contributed by atoms with Crippen LogP contribution in [0.4, 0.5) is 0 Å². The van der Waals surface area contributed by atoms with E-state index in [9.17, 15) is 0 Å². The van der Waals surface area contributed by atoms with Crippen LogP contribution in [-0.4, -0.2) is 13.6 Å². The van der Waals surface area contributed by atoms with Gasteiger partial charge in [-0.25, -0.2) is 0 Å². The Labute approximate surface area is 102 Å². The predicted octanol–water partition coefficient (Wildman–Crippen LogP) is 4.37. The van der Waals surface area contributed by atoms with Crippen LogP contribution < -0.4 is 5.32 Å². The van der Waals surface area contributed by atoms with Crippen LogP contribution in [0.15, 0.2) is 0 Å². The molecule has 0 aromatic carbocycles. The van der Waals surface area contributed by atoms with Gasteiger partial charge in [0.25, 0.3) is 0 Å². The summed E-state index contributed by atoms with van der Waals surface area (Å²) in [5.41, 5.74) is 0.